The van der Waals surface area contributed by atoms with Crippen molar-refractivity contribution in [3.63, 3.8) is 0 Å². The van der Waals surface area contributed by atoms with Crippen LogP contribution in [0, 0.1) is 6.92 Å². The Balaban J connectivity index is 2.15. The van der Waals surface area contributed by atoms with Crippen LogP contribution in [0.25, 0.3) is 16.3 Å². The molecule has 0 saturated heterocycles. The molecule has 0 atom stereocenters. The van der Waals surface area contributed by atoms with Gasteiger partial charge in [-0.15, -0.1) is 0 Å². The van der Waals surface area contributed by atoms with Gasteiger partial charge in [0.1, 0.15) is 0 Å². The van der Waals surface area contributed by atoms with Gasteiger partial charge < -0.3 is 0 Å². The molecule has 0 heterocycles. The highest BCUT2D eigenvalue weighted by Crippen LogP contribution is 2.27. The van der Waals surface area contributed by atoms with E-state index in [1.54, 1.807) is 0 Å². The monoisotopic (exact) mass is 302 g/mol. The van der Waals surface area contributed by atoms with Crippen molar-refractivity contribution in [1.82, 2.24) is 0 Å². The average Bonchev–Trinajstić information content (AvgIpc) is 2.56. The van der Waals surface area contributed by atoms with Gasteiger partial charge in [0, 0.05) is 5.56 Å². The maximum atomic E-state index is 5.84. The van der Waals surface area contributed by atoms with E-state index in [0.29, 0.717) is 0 Å². The first-order valence-corrected chi connectivity index (χ1v) is 7.88. The molecule has 3 aromatic carbocycles. The molecule has 0 N–H and O–H groups in total. The molecule has 108 valence electrons. The van der Waals surface area contributed by atoms with E-state index in [-0.39, 0.29) is 0 Å². The summed E-state index contributed by atoms with van der Waals surface area (Å²) in [5.41, 5.74) is 4.72. The smallest absolute Gasteiger partial charge is 0.0530 e. The van der Waals surface area contributed by atoms with E-state index in [1.165, 1.54) is 21.9 Å². The third kappa shape index (κ3) is 2.60. The van der Waals surface area contributed by atoms with E-state index in [9.17, 15) is 0 Å². The summed E-state index contributed by atoms with van der Waals surface area (Å²) in [7, 11) is 0. The number of allylic oxidation sites excluding steroid dienone is 2. The largest absolute Gasteiger partial charge is 0.0788 e. The molecular formula is C21H18S. The summed E-state index contributed by atoms with van der Waals surface area (Å²) in [6.07, 6.45) is 2.12. The van der Waals surface area contributed by atoms with Gasteiger partial charge in [-0.3, -0.25) is 0 Å². The number of thiocarbonyl (C=S) groups is 1. The maximum absolute atomic E-state index is 5.84. The molecule has 0 unspecified atom stereocenters. The maximum Gasteiger partial charge on any atom is 0.0530 e. The van der Waals surface area contributed by atoms with Crippen LogP contribution in [0.15, 0.2) is 72.8 Å². The molecular weight excluding hydrogens is 284 g/mol. The first-order chi connectivity index (χ1) is 10.7. The van der Waals surface area contributed by atoms with Crippen molar-refractivity contribution in [3.8, 4) is 0 Å². The molecule has 0 fully saturated rings. The lowest BCUT2D eigenvalue weighted by atomic mass is 9.92. The molecule has 0 nitrogen and oxygen atoms in total. The Hall–Kier alpha value is -2.25. The SMILES string of the molecule is C/C=C(/C(=S)c1cccc2ccccc12)c1ccccc1C. The molecule has 0 aromatic heterocycles. The van der Waals surface area contributed by atoms with Gasteiger partial charge in [-0.05, 0) is 41.3 Å². The molecule has 3 rings (SSSR count). The topological polar surface area (TPSA) is 0 Å². The van der Waals surface area contributed by atoms with E-state index in [0.717, 1.165) is 16.0 Å². The van der Waals surface area contributed by atoms with Crippen LogP contribution in [0.3, 0.4) is 0 Å². The number of hydrogen-bond donors (Lipinski definition) is 0. The van der Waals surface area contributed by atoms with E-state index in [4.69, 9.17) is 12.2 Å². The van der Waals surface area contributed by atoms with Crippen LogP contribution in [0.5, 0.6) is 0 Å². The van der Waals surface area contributed by atoms with Crippen LogP contribution in [-0.4, -0.2) is 4.86 Å². The highest BCUT2D eigenvalue weighted by Gasteiger charge is 2.13. The van der Waals surface area contributed by atoms with Gasteiger partial charge in [0.05, 0.1) is 4.86 Å². The van der Waals surface area contributed by atoms with E-state index < -0.39 is 0 Å². The summed E-state index contributed by atoms with van der Waals surface area (Å²) in [6.45, 7) is 4.18. The van der Waals surface area contributed by atoms with Gasteiger partial charge in [0.25, 0.3) is 0 Å². The lowest BCUT2D eigenvalue weighted by Gasteiger charge is -2.14. The minimum Gasteiger partial charge on any atom is -0.0788 e. The molecule has 3 aromatic rings. The minimum absolute atomic E-state index is 0.911. The predicted molar refractivity (Wildman–Crippen MR) is 100 cm³/mol. The fraction of sp³-hybridized carbons (Fsp3) is 0.0952. The standard InChI is InChI=1S/C21H18S/c1-3-17(18-12-6-4-9-15(18)2)21(22)20-14-8-11-16-10-5-7-13-19(16)20/h3-14H,1-2H3/b17-3+. The second kappa shape index (κ2) is 6.25. The quantitative estimate of drug-likeness (QED) is 0.326. The Bertz CT molecular complexity index is 866. The summed E-state index contributed by atoms with van der Waals surface area (Å²) in [4.78, 5) is 0.911. The van der Waals surface area contributed by atoms with Crippen molar-refractivity contribution in [2.75, 3.05) is 0 Å². The number of fused-ring (bicyclic) bond motifs is 1. The lowest BCUT2D eigenvalue weighted by molar-refractivity contribution is 1.43. The Labute approximate surface area is 137 Å². The molecule has 0 saturated carbocycles. The van der Waals surface area contributed by atoms with Crippen LogP contribution >= 0.6 is 12.2 Å². The lowest BCUT2D eigenvalue weighted by Crippen LogP contribution is -2.03. The molecule has 0 bridgehead atoms. The second-order valence-corrected chi connectivity index (χ2v) is 5.78. The number of rotatable bonds is 3. The van der Waals surface area contributed by atoms with Gasteiger partial charge in [-0.25, -0.2) is 0 Å². The van der Waals surface area contributed by atoms with Crippen molar-refractivity contribution in [3.05, 3.63) is 89.5 Å². The van der Waals surface area contributed by atoms with E-state index in [1.807, 2.05) is 0 Å². The van der Waals surface area contributed by atoms with Crippen molar-refractivity contribution in [1.29, 1.82) is 0 Å². The predicted octanol–water partition coefficient (Wildman–Crippen LogP) is 5.97. The fourth-order valence-corrected chi connectivity index (χ4v) is 3.26. The molecule has 0 spiro atoms. The summed E-state index contributed by atoms with van der Waals surface area (Å²) in [5, 5.41) is 2.44. The molecule has 0 radical (unpaired) electrons. The number of hydrogen-bond acceptors (Lipinski definition) is 1. The van der Waals surface area contributed by atoms with E-state index >= 15 is 0 Å². The van der Waals surface area contributed by atoms with Crippen LogP contribution in [0.2, 0.25) is 0 Å². The Morgan fingerprint density at radius 2 is 1.45 bits per heavy atom. The van der Waals surface area contributed by atoms with Crippen LogP contribution in [0.1, 0.15) is 23.6 Å². The van der Waals surface area contributed by atoms with Crippen molar-refractivity contribution < 1.29 is 0 Å². The summed E-state index contributed by atoms with van der Waals surface area (Å²) >= 11 is 5.84. The molecule has 1 heteroatoms. The van der Waals surface area contributed by atoms with Crippen molar-refractivity contribution in [2.24, 2.45) is 0 Å². The Morgan fingerprint density at radius 1 is 0.818 bits per heavy atom. The third-order valence-corrected chi connectivity index (χ3v) is 4.44. The van der Waals surface area contributed by atoms with Gasteiger partial charge in [0.2, 0.25) is 0 Å². The zero-order valence-corrected chi connectivity index (χ0v) is 13.7. The zero-order valence-electron chi connectivity index (χ0n) is 12.8. The summed E-state index contributed by atoms with van der Waals surface area (Å²) in [6, 6.07) is 23.1. The molecule has 0 aliphatic rings. The highest BCUT2D eigenvalue weighted by atomic mass is 32.1. The fourth-order valence-electron chi connectivity index (χ4n) is 2.85. The zero-order chi connectivity index (χ0) is 15.5. The first kappa shape index (κ1) is 14.7. The molecule has 0 amide bonds. The first-order valence-electron chi connectivity index (χ1n) is 7.47. The van der Waals surface area contributed by atoms with Gasteiger partial charge in [-0.2, -0.15) is 0 Å². The normalized spacial score (nSPS) is 11.6. The second-order valence-electron chi connectivity index (χ2n) is 5.37. The van der Waals surface area contributed by atoms with Crippen molar-refractivity contribution in [2.45, 2.75) is 13.8 Å². The van der Waals surface area contributed by atoms with Gasteiger partial charge in [-0.1, -0.05) is 85.0 Å². The molecule has 0 aliphatic carbocycles. The third-order valence-electron chi connectivity index (χ3n) is 4.00. The molecule has 22 heavy (non-hydrogen) atoms. The Morgan fingerprint density at radius 3 is 2.23 bits per heavy atom. The highest BCUT2D eigenvalue weighted by molar-refractivity contribution is 7.82. The van der Waals surface area contributed by atoms with Gasteiger partial charge in [0.15, 0.2) is 0 Å². The van der Waals surface area contributed by atoms with Crippen LogP contribution < -0.4 is 0 Å². The molecule has 0 aliphatic heterocycles. The van der Waals surface area contributed by atoms with Crippen molar-refractivity contribution >= 4 is 33.4 Å². The van der Waals surface area contributed by atoms with Crippen LogP contribution in [-0.2, 0) is 0 Å². The number of benzene rings is 3. The van der Waals surface area contributed by atoms with Gasteiger partial charge >= 0.3 is 0 Å². The summed E-state index contributed by atoms with van der Waals surface area (Å²) in [5.74, 6) is 0. The van der Waals surface area contributed by atoms with Crippen LogP contribution in [0.4, 0.5) is 0 Å². The minimum atomic E-state index is 0.911. The average molecular weight is 302 g/mol. The Kier molecular flexibility index (Phi) is 4.17. The van der Waals surface area contributed by atoms with E-state index in [2.05, 4.69) is 86.7 Å². The summed E-state index contributed by atoms with van der Waals surface area (Å²) < 4.78 is 0. The number of aryl methyl sites for hydroxylation is 1.